The molecule has 1 aromatic rings. The van der Waals surface area contributed by atoms with E-state index in [2.05, 4.69) is 31.9 Å². The van der Waals surface area contributed by atoms with Gasteiger partial charge < -0.3 is 5.11 Å². The topological polar surface area (TPSA) is 57.6 Å². The van der Waals surface area contributed by atoms with E-state index in [0.717, 1.165) is 10.0 Å². The summed E-state index contributed by atoms with van der Waals surface area (Å²) in [6.45, 7) is 2.63. The number of nitrogens with zero attached hydrogens (tertiary/aromatic N) is 1. The van der Waals surface area contributed by atoms with E-state index in [1.54, 1.807) is 12.1 Å². The second-order valence-corrected chi connectivity index (χ2v) is 8.28. The van der Waals surface area contributed by atoms with Crippen LogP contribution in [0.15, 0.2) is 26.0 Å². The molecule has 0 amide bonds. The Morgan fingerprint density at radius 2 is 1.79 bits per heavy atom. The molecule has 4 nitrogen and oxygen atoms in total. The Bertz CT molecular complexity index is 581. The van der Waals surface area contributed by atoms with Crippen molar-refractivity contribution in [3.63, 3.8) is 0 Å². The van der Waals surface area contributed by atoms with Gasteiger partial charge in [0, 0.05) is 22.0 Å². The molecule has 1 aliphatic rings. The quantitative estimate of drug-likeness (QED) is 0.812. The second kappa shape index (κ2) is 5.81. The molecule has 0 aliphatic carbocycles. The Balaban J connectivity index is 2.37. The standard InChI is InChI=1S/C12H15Br2NO3S/c1-8-6-11(14)12(7-10(8)13)19(17,18)15-4-2-9(16)3-5-15/h6-7,9,16H,2-5H2,1H3. The molecule has 19 heavy (non-hydrogen) atoms. The molecule has 1 heterocycles. The van der Waals surface area contributed by atoms with Gasteiger partial charge in [0.2, 0.25) is 10.0 Å². The number of piperidine rings is 1. The maximum atomic E-state index is 12.6. The van der Waals surface area contributed by atoms with Crippen molar-refractivity contribution in [1.82, 2.24) is 4.31 Å². The number of aliphatic hydroxyl groups excluding tert-OH is 1. The summed E-state index contributed by atoms with van der Waals surface area (Å²) in [5, 5.41) is 9.46. The lowest BCUT2D eigenvalue weighted by Crippen LogP contribution is -2.40. The maximum Gasteiger partial charge on any atom is 0.244 e. The van der Waals surface area contributed by atoms with Crippen molar-refractivity contribution in [2.24, 2.45) is 0 Å². The zero-order valence-corrected chi connectivity index (χ0v) is 14.4. The monoisotopic (exact) mass is 411 g/mol. The Kier molecular flexibility index (Phi) is 4.72. The molecular formula is C12H15Br2NO3S. The SMILES string of the molecule is Cc1cc(Br)c(S(=O)(=O)N2CCC(O)CC2)cc1Br. The van der Waals surface area contributed by atoms with E-state index in [-0.39, 0.29) is 11.0 Å². The fraction of sp³-hybridized carbons (Fsp3) is 0.500. The third-order valence-corrected chi connectivity index (χ3v) is 6.97. The number of benzene rings is 1. The summed E-state index contributed by atoms with van der Waals surface area (Å²) < 4.78 is 27.9. The van der Waals surface area contributed by atoms with E-state index in [4.69, 9.17) is 0 Å². The minimum Gasteiger partial charge on any atom is -0.393 e. The predicted octanol–water partition coefficient (Wildman–Crippen LogP) is 2.67. The van der Waals surface area contributed by atoms with E-state index in [9.17, 15) is 13.5 Å². The molecule has 1 saturated heterocycles. The van der Waals surface area contributed by atoms with Crippen LogP contribution in [0.25, 0.3) is 0 Å². The highest BCUT2D eigenvalue weighted by Crippen LogP contribution is 2.31. The number of hydrogen-bond acceptors (Lipinski definition) is 3. The van der Waals surface area contributed by atoms with Gasteiger partial charge in [-0.25, -0.2) is 8.42 Å². The fourth-order valence-corrected chi connectivity index (χ4v) is 5.16. The Labute approximate surface area is 130 Å². The molecule has 0 atom stereocenters. The molecule has 1 N–H and O–H groups in total. The molecule has 2 rings (SSSR count). The smallest absolute Gasteiger partial charge is 0.244 e. The molecule has 0 radical (unpaired) electrons. The van der Waals surface area contributed by atoms with E-state index < -0.39 is 10.0 Å². The summed E-state index contributed by atoms with van der Waals surface area (Å²) in [5.74, 6) is 0. The van der Waals surface area contributed by atoms with Crippen LogP contribution < -0.4 is 0 Å². The molecule has 106 valence electrons. The minimum atomic E-state index is -3.51. The zero-order valence-electron chi connectivity index (χ0n) is 10.4. The van der Waals surface area contributed by atoms with Crippen molar-refractivity contribution in [3.8, 4) is 0 Å². The number of aryl methyl sites for hydroxylation is 1. The van der Waals surface area contributed by atoms with Crippen molar-refractivity contribution in [2.45, 2.75) is 30.8 Å². The average Bonchev–Trinajstić information content (AvgIpc) is 2.34. The van der Waals surface area contributed by atoms with Crippen molar-refractivity contribution >= 4 is 41.9 Å². The molecule has 0 aromatic heterocycles. The third-order valence-electron chi connectivity index (χ3n) is 3.25. The van der Waals surface area contributed by atoms with Gasteiger partial charge in [-0.1, -0.05) is 15.9 Å². The summed E-state index contributed by atoms with van der Waals surface area (Å²) >= 11 is 6.68. The van der Waals surface area contributed by atoms with Gasteiger partial charge in [-0.3, -0.25) is 0 Å². The Morgan fingerprint density at radius 1 is 1.21 bits per heavy atom. The van der Waals surface area contributed by atoms with Gasteiger partial charge in [0.25, 0.3) is 0 Å². The number of sulfonamides is 1. The van der Waals surface area contributed by atoms with Gasteiger partial charge in [-0.2, -0.15) is 4.31 Å². The number of aliphatic hydroxyl groups is 1. The molecule has 1 aliphatic heterocycles. The lowest BCUT2D eigenvalue weighted by molar-refractivity contribution is 0.113. The van der Waals surface area contributed by atoms with Gasteiger partial charge in [0.05, 0.1) is 11.0 Å². The summed E-state index contributed by atoms with van der Waals surface area (Å²) in [5.41, 5.74) is 0.972. The Morgan fingerprint density at radius 3 is 2.37 bits per heavy atom. The highest BCUT2D eigenvalue weighted by molar-refractivity contribution is 9.11. The summed E-state index contributed by atoms with van der Waals surface area (Å²) in [6.07, 6.45) is 0.591. The van der Waals surface area contributed by atoms with E-state index in [1.807, 2.05) is 6.92 Å². The normalized spacial score (nSPS) is 18.7. The lowest BCUT2D eigenvalue weighted by atomic mass is 10.1. The van der Waals surface area contributed by atoms with Gasteiger partial charge >= 0.3 is 0 Å². The average molecular weight is 413 g/mol. The molecule has 1 fully saturated rings. The van der Waals surface area contributed by atoms with Crippen LogP contribution >= 0.6 is 31.9 Å². The first-order valence-corrected chi connectivity index (χ1v) is 8.99. The van der Waals surface area contributed by atoms with Crippen molar-refractivity contribution in [1.29, 1.82) is 0 Å². The van der Waals surface area contributed by atoms with Crippen LogP contribution in [0.3, 0.4) is 0 Å². The number of rotatable bonds is 2. The van der Waals surface area contributed by atoms with Gasteiger partial charge in [-0.15, -0.1) is 0 Å². The van der Waals surface area contributed by atoms with Crippen LogP contribution in [0.2, 0.25) is 0 Å². The van der Waals surface area contributed by atoms with Crippen LogP contribution in [0.5, 0.6) is 0 Å². The summed E-state index contributed by atoms with van der Waals surface area (Å²) in [6, 6.07) is 3.41. The van der Waals surface area contributed by atoms with Crippen LogP contribution in [0.1, 0.15) is 18.4 Å². The van der Waals surface area contributed by atoms with Crippen LogP contribution in [0.4, 0.5) is 0 Å². The number of hydrogen-bond donors (Lipinski definition) is 1. The van der Waals surface area contributed by atoms with Crippen molar-refractivity contribution in [2.75, 3.05) is 13.1 Å². The second-order valence-electron chi connectivity index (χ2n) is 4.67. The fourth-order valence-electron chi connectivity index (χ4n) is 2.05. The Hall–Kier alpha value is 0.0500. The lowest BCUT2D eigenvalue weighted by Gasteiger charge is -2.29. The summed E-state index contributed by atoms with van der Waals surface area (Å²) in [7, 11) is -3.51. The zero-order chi connectivity index (χ0) is 14.2. The van der Waals surface area contributed by atoms with Gasteiger partial charge in [0.15, 0.2) is 0 Å². The molecular weight excluding hydrogens is 398 g/mol. The van der Waals surface area contributed by atoms with Gasteiger partial charge in [-0.05, 0) is 53.4 Å². The van der Waals surface area contributed by atoms with Crippen LogP contribution in [-0.2, 0) is 10.0 Å². The van der Waals surface area contributed by atoms with Crippen molar-refractivity contribution in [3.05, 3.63) is 26.6 Å². The molecule has 0 spiro atoms. The summed E-state index contributed by atoms with van der Waals surface area (Å²) in [4.78, 5) is 0.265. The van der Waals surface area contributed by atoms with E-state index >= 15 is 0 Å². The molecule has 1 aromatic carbocycles. The first-order chi connectivity index (χ1) is 8.82. The largest absolute Gasteiger partial charge is 0.393 e. The molecule has 7 heteroatoms. The number of halogens is 2. The predicted molar refractivity (Wildman–Crippen MR) is 80.6 cm³/mol. The maximum absolute atomic E-state index is 12.6. The third kappa shape index (κ3) is 3.21. The van der Waals surface area contributed by atoms with Crippen LogP contribution in [0, 0.1) is 6.92 Å². The van der Waals surface area contributed by atoms with E-state index in [0.29, 0.717) is 30.4 Å². The first kappa shape index (κ1) is 15.4. The molecule has 0 bridgehead atoms. The highest BCUT2D eigenvalue weighted by atomic mass is 79.9. The highest BCUT2D eigenvalue weighted by Gasteiger charge is 2.30. The minimum absolute atomic E-state index is 0.265. The molecule has 0 unspecified atom stereocenters. The first-order valence-electron chi connectivity index (χ1n) is 5.96. The molecule has 0 saturated carbocycles. The van der Waals surface area contributed by atoms with Gasteiger partial charge in [0.1, 0.15) is 0 Å². The van der Waals surface area contributed by atoms with E-state index in [1.165, 1.54) is 4.31 Å². The van der Waals surface area contributed by atoms with Crippen LogP contribution in [-0.4, -0.2) is 37.0 Å². The van der Waals surface area contributed by atoms with Crippen molar-refractivity contribution < 1.29 is 13.5 Å².